The van der Waals surface area contributed by atoms with Gasteiger partial charge in [-0.15, -0.1) is 11.3 Å². The van der Waals surface area contributed by atoms with E-state index < -0.39 is 22.0 Å². The normalized spacial score (nSPS) is 12.7. The summed E-state index contributed by atoms with van der Waals surface area (Å²) in [5.41, 5.74) is 0.714. The number of halogens is 1. The molecule has 1 N–H and O–H groups in total. The summed E-state index contributed by atoms with van der Waals surface area (Å²) in [6, 6.07) is 17.0. The van der Waals surface area contributed by atoms with Gasteiger partial charge in [-0.3, -0.25) is 4.79 Å². The van der Waals surface area contributed by atoms with Crippen molar-refractivity contribution in [2.75, 3.05) is 13.6 Å². The second kappa shape index (κ2) is 8.64. The number of amides is 1. The molecule has 2 aromatic carbocycles. The van der Waals surface area contributed by atoms with Gasteiger partial charge in [0.2, 0.25) is 15.9 Å². The van der Waals surface area contributed by atoms with E-state index in [1.807, 2.05) is 17.5 Å². The first-order valence-electron chi connectivity index (χ1n) is 8.47. The van der Waals surface area contributed by atoms with Crippen LogP contribution in [0.15, 0.2) is 77.0 Å². The van der Waals surface area contributed by atoms with E-state index >= 15 is 0 Å². The summed E-state index contributed by atoms with van der Waals surface area (Å²) < 4.78 is 39.5. The van der Waals surface area contributed by atoms with Crippen molar-refractivity contribution in [3.63, 3.8) is 0 Å². The van der Waals surface area contributed by atoms with Crippen molar-refractivity contribution in [3.05, 3.63) is 88.4 Å². The number of nitrogens with zero attached hydrogens (tertiary/aromatic N) is 1. The summed E-state index contributed by atoms with van der Waals surface area (Å²) in [5, 5.41) is 4.73. The zero-order chi connectivity index (χ0) is 20.1. The molecule has 1 unspecified atom stereocenters. The van der Waals surface area contributed by atoms with Crippen molar-refractivity contribution < 1.29 is 17.6 Å². The predicted octanol–water partition coefficient (Wildman–Crippen LogP) is 3.41. The van der Waals surface area contributed by atoms with Crippen LogP contribution in [-0.2, 0) is 14.8 Å². The quantitative estimate of drug-likeness (QED) is 0.639. The number of rotatable bonds is 7. The van der Waals surface area contributed by atoms with Gasteiger partial charge in [-0.25, -0.2) is 12.8 Å². The van der Waals surface area contributed by atoms with Crippen LogP contribution in [0, 0.1) is 5.82 Å². The van der Waals surface area contributed by atoms with E-state index in [0.717, 1.165) is 9.18 Å². The maximum absolute atomic E-state index is 13.3. The molecule has 0 aliphatic carbocycles. The van der Waals surface area contributed by atoms with E-state index in [4.69, 9.17) is 0 Å². The molecule has 3 rings (SSSR count). The molecule has 0 bridgehead atoms. The molecule has 1 atom stereocenters. The zero-order valence-electron chi connectivity index (χ0n) is 15.1. The van der Waals surface area contributed by atoms with E-state index in [1.165, 1.54) is 42.6 Å². The summed E-state index contributed by atoms with van der Waals surface area (Å²) in [6.45, 7) is -0.333. The van der Waals surface area contributed by atoms with Gasteiger partial charge in [0.1, 0.15) is 5.82 Å². The summed E-state index contributed by atoms with van der Waals surface area (Å²) in [6.07, 6.45) is 0. The number of carbonyl (C=O) groups is 1. The number of nitrogens with one attached hydrogen (secondary N) is 1. The summed E-state index contributed by atoms with van der Waals surface area (Å²) >= 11 is 1.45. The van der Waals surface area contributed by atoms with E-state index in [1.54, 1.807) is 30.3 Å². The summed E-state index contributed by atoms with van der Waals surface area (Å²) in [5.74, 6) is -0.821. The Hall–Kier alpha value is -2.55. The largest absolute Gasteiger partial charge is 0.343 e. The molecule has 28 heavy (non-hydrogen) atoms. The number of hydrogen-bond donors (Lipinski definition) is 1. The Morgan fingerprint density at radius 1 is 1.07 bits per heavy atom. The van der Waals surface area contributed by atoms with Gasteiger partial charge in [-0.1, -0.05) is 36.4 Å². The van der Waals surface area contributed by atoms with E-state index in [9.17, 15) is 17.6 Å². The van der Waals surface area contributed by atoms with Crippen LogP contribution in [0.5, 0.6) is 0 Å². The van der Waals surface area contributed by atoms with Crippen LogP contribution in [0.4, 0.5) is 4.39 Å². The second-order valence-corrected chi connectivity index (χ2v) is 9.17. The van der Waals surface area contributed by atoms with Crippen LogP contribution in [-0.4, -0.2) is 32.2 Å². The van der Waals surface area contributed by atoms with E-state index in [-0.39, 0.29) is 17.3 Å². The minimum Gasteiger partial charge on any atom is -0.343 e. The van der Waals surface area contributed by atoms with Crippen molar-refractivity contribution in [2.24, 2.45) is 0 Å². The lowest BCUT2D eigenvalue weighted by Gasteiger charge is -2.21. The Balaban J connectivity index is 1.76. The standard InChI is InChI=1S/C20H19FN2O3S2/c1-23(28(25,26)17-6-3-2-4-7-17)14-19(24)22-20(18-8-5-13-27-18)15-9-11-16(21)12-10-15/h2-13,20H,14H2,1H3,(H,22,24). The van der Waals surface area contributed by atoms with Gasteiger partial charge in [-0.2, -0.15) is 4.31 Å². The molecule has 0 spiro atoms. The number of thiophene rings is 1. The fourth-order valence-electron chi connectivity index (χ4n) is 2.70. The number of sulfonamides is 1. The van der Waals surface area contributed by atoms with E-state index in [2.05, 4.69) is 5.32 Å². The van der Waals surface area contributed by atoms with Gasteiger partial charge in [0.05, 0.1) is 17.5 Å². The molecular weight excluding hydrogens is 399 g/mol. The fraction of sp³-hybridized carbons (Fsp3) is 0.150. The topological polar surface area (TPSA) is 66.5 Å². The average molecular weight is 419 g/mol. The molecule has 1 amide bonds. The van der Waals surface area contributed by atoms with Gasteiger partial charge >= 0.3 is 0 Å². The van der Waals surface area contributed by atoms with Crippen LogP contribution in [0.25, 0.3) is 0 Å². The third kappa shape index (κ3) is 4.64. The molecular formula is C20H19FN2O3S2. The van der Waals surface area contributed by atoms with E-state index in [0.29, 0.717) is 5.56 Å². The third-order valence-corrected chi connectivity index (χ3v) is 6.91. The molecule has 0 aliphatic heterocycles. The molecule has 1 aromatic heterocycles. The van der Waals surface area contributed by atoms with Crippen molar-refractivity contribution in [2.45, 2.75) is 10.9 Å². The van der Waals surface area contributed by atoms with Gasteiger partial charge in [0.15, 0.2) is 0 Å². The van der Waals surface area contributed by atoms with Gasteiger partial charge in [0, 0.05) is 11.9 Å². The molecule has 0 aliphatic rings. The van der Waals surface area contributed by atoms with Crippen molar-refractivity contribution in [1.82, 2.24) is 9.62 Å². The molecule has 0 saturated carbocycles. The Morgan fingerprint density at radius 2 is 1.75 bits per heavy atom. The van der Waals surface area contributed by atoms with Crippen molar-refractivity contribution in [3.8, 4) is 0 Å². The van der Waals surface area contributed by atoms with Crippen LogP contribution < -0.4 is 5.32 Å². The van der Waals surface area contributed by atoms with Crippen LogP contribution >= 0.6 is 11.3 Å². The first-order chi connectivity index (χ1) is 13.4. The molecule has 3 aromatic rings. The van der Waals surface area contributed by atoms with Gasteiger partial charge in [-0.05, 0) is 41.3 Å². The highest BCUT2D eigenvalue weighted by Gasteiger charge is 2.25. The Bertz CT molecular complexity index is 1020. The molecule has 1 heterocycles. The Kier molecular flexibility index (Phi) is 6.23. The highest BCUT2D eigenvalue weighted by molar-refractivity contribution is 7.89. The van der Waals surface area contributed by atoms with Crippen molar-refractivity contribution in [1.29, 1.82) is 0 Å². The van der Waals surface area contributed by atoms with Crippen LogP contribution in [0.2, 0.25) is 0 Å². The molecule has 5 nitrogen and oxygen atoms in total. The number of benzene rings is 2. The lowest BCUT2D eigenvalue weighted by Crippen LogP contribution is -2.39. The maximum Gasteiger partial charge on any atom is 0.243 e. The highest BCUT2D eigenvalue weighted by atomic mass is 32.2. The number of hydrogen-bond acceptors (Lipinski definition) is 4. The predicted molar refractivity (Wildman–Crippen MR) is 107 cm³/mol. The first-order valence-corrected chi connectivity index (χ1v) is 10.8. The Morgan fingerprint density at radius 3 is 2.36 bits per heavy atom. The molecule has 0 radical (unpaired) electrons. The third-order valence-electron chi connectivity index (χ3n) is 4.15. The highest BCUT2D eigenvalue weighted by Crippen LogP contribution is 2.26. The Labute approximate surface area is 167 Å². The summed E-state index contributed by atoms with van der Waals surface area (Å²) in [7, 11) is -2.41. The molecule has 0 saturated heterocycles. The number of likely N-dealkylation sites (N-methyl/N-ethyl adjacent to an activating group) is 1. The molecule has 146 valence electrons. The smallest absolute Gasteiger partial charge is 0.243 e. The van der Waals surface area contributed by atoms with Crippen LogP contribution in [0.1, 0.15) is 16.5 Å². The van der Waals surface area contributed by atoms with Crippen LogP contribution in [0.3, 0.4) is 0 Å². The zero-order valence-corrected chi connectivity index (χ0v) is 16.7. The minimum atomic E-state index is -3.77. The van der Waals surface area contributed by atoms with Crippen molar-refractivity contribution >= 4 is 27.3 Å². The molecule has 0 fully saturated rings. The fourth-order valence-corrected chi connectivity index (χ4v) is 4.65. The SMILES string of the molecule is CN(CC(=O)NC(c1ccc(F)cc1)c1cccs1)S(=O)(=O)c1ccccc1. The lowest BCUT2D eigenvalue weighted by atomic mass is 10.1. The average Bonchev–Trinajstić information content (AvgIpc) is 3.22. The molecule has 8 heteroatoms. The van der Waals surface area contributed by atoms with Gasteiger partial charge < -0.3 is 5.32 Å². The minimum absolute atomic E-state index is 0.124. The lowest BCUT2D eigenvalue weighted by molar-refractivity contribution is -0.121. The first kappa shape index (κ1) is 20.2. The second-order valence-electron chi connectivity index (χ2n) is 6.14. The number of carbonyl (C=O) groups excluding carboxylic acids is 1. The van der Waals surface area contributed by atoms with Gasteiger partial charge in [0.25, 0.3) is 0 Å². The summed E-state index contributed by atoms with van der Waals surface area (Å²) in [4.78, 5) is 13.6. The monoisotopic (exact) mass is 418 g/mol. The maximum atomic E-state index is 13.3.